The molecule has 14 heavy (non-hydrogen) atoms. The number of aryl methyl sites for hydroxylation is 2. The molecule has 0 aliphatic carbocycles. The van der Waals surface area contributed by atoms with Crippen molar-refractivity contribution in [1.29, 1.82) is 0 Å². The molecule has 0 saturated heterocycles. The highest BCUT2D eigenvalue weighted by molar-refractivity contribution is 6.01. The second kappa shape index (κ2) is 2.38. The number of benzene rings is 1. The van der Waals surface area contributed by atoms with Gasteiger partial charge < -0.3 is 9.40 Å². The quantitative estimate of drug-likeness (QED) is 0.586. The van der Waals surface area contributed by atoms with E-state index in [0.29, 0.717) is 5.71 Å². The van der Waals surface area contributed by atoms with Crippen LogP contribution >= 0.6 is 0 Å². The molecule has 0 aliphatic heterocycles. The van der Waals surface area contributed by atoms with E-state index >= 15 is 0 Å². The van der Waals surface area contributed by atoms with Crippen LogP contribution in [0.25, 0.3) is 22.2 Å². The number of hydrogen-bond donors (Lipinski definition) is 1. The topological polar surface area (TPSA) is 41.8 Å². The third-order valence-corrected chi connectivity index (χ3v) is 2.40. The molecule has 70 valence electrons. The predicted molar refractivity (Wildman–Crippen MR) is 55.3 cm³/mol. The number of imidazole rings is 1. The Morgan fingerprint density at radius 2 is 2.14 bits per heavy atom. The maximum atomic E-state index is 5.61. The molecular weight excluding hydrogens is 176 g/mol. The first kappa shape index (κ1) is 7.62. The van der Waals surface area contributed by atoms with E-state index in [4.69, 9.17) is 4.42 Å². The first-order chi connectivity index (χ1) is 6.74. The Morgan fingerprint density at radius 3 is 3.00 bits per heavy atom. The molecule has 0 spiro atoms. The molecule has 0 bridgehead atoms. The van der Waals surface area contributed by atoms with Crippen molar-refractivity contribution in [3.05, 3.63) is 29.6 Å². The number of hydrogen-bond acceptors (Lipinski definition) is 2. The minimum absolute atomic E-state index is 0.697. The number of furan rings is 1. The number of nitrogens with one attached hydrogen (secondary N) is 1. The molecule has 1 N–H and O–H groups in total. The summed E-state index contributed by atoms with van der Waals surface area (Å²) in [5, 5.41) is 1.10. The maximum Gasteiger partial charge on any atom is 0.245 e. The largest absolute Gasteiger partial charge is 0.436 e. The molecule has 0 amide bonds. The predicted octanol–water partition coefficient (Wildman–Crippen LogP) is 2.93. The fourth-order valence-electron chi connectivity index (χ4n) is 1.75. The third kappa shape index (κ3) is 0.894. The van der Waals surface area contributed by atoms with Gasteiger partial charge in [-0.05, 0) is 31.5 Å². The van der Waals surface area contributed by atoms with Gasteiger partial charge in [0.15, 0.2) is 0 Å². The summed E-state index contributed by atoms with van der Waals surface area (Å²) < 4.78 is 5.61. The number of nitrogens with zero attached hydrogens (tertiary/aromatic N) is 1. The van der Waals surface area contributed by atoms with Crippen LogP contribution in [-0.4, -0.2) is 9.97 Å². The summed E-state index contributed by atoms with van der Waals surface area (Å²) in [4.78, 5) is 7.45. The fraction of sp³-hybridized carbons (Fsp3) is 0.182. The van der Waals surface area contributed by atoms with E-state index in [-0.39, 0.29) is 0 Å². The smallest absolute Gasteiger partial charge is 0.245 e. The molecule has 3 rings (SSSR count). The minimum atomic E-state index is 0.697. The highest BCUT2D eigenvalue weighted by Gasteiger charge is 2.09. The summed E-state index contributed by atoms with van der Waals surface area (Å²) in [6.45, 7) is 3.98. The van der Waals surface area contributed by atoms with Crippen LogP contribution in [-0.2, 0) is 0 Å². The Bertz CT molecular complexity index is 615. The zero-order valence-corrected chi connectivity index (χ0v) is 8.09. The Labute approximate surface area is 80.7 Å². The van der Waals surface area contributed by atoms with Gasteiger partial charge in [-0.2, -0.15) is 4.98 Å². The lowest BCUT2D eigenvalue weighted by Gasteiger charge is -1.90. The highest BCUT2D eigenvalue weighted by Crippen LogP contribution is 2.27. The number of rotatable bonds is 0. The van der Waals surface area contributed by atoms with Crippen LogP contribution in [0.5, 0.6) is 0 Å². The molecule has 0 fully saturated rings. The van der Waals surface area contributed by atoms with Gasteiger partial charge in [0.05, 0.1) is 0 Å². The maximum absolute atomic E-state index is 5.61. The monoisotopic (exact) mass is 186 g/mol. The zero-order chi connectivity index (χ0) is 9.71. The molecule has 0 unspecified atom stereocenters. The minimum Gasteiger partial charge on any atom is -0.436 e. The van der Waals surface area contributed by atoms with Crippen molar-refractivity contribution < 1.29 is 4.42 Å². The summed E-state index contributed by atoms with van der Waals surface area (Å²) >= 11 is 0. The van der Waals surface area contributed by atoms with E-state index in [1.165, 1.54) is 5.56 Å². The van der Waals surface area contributed by atoms with Crippen molar-refractivity contribution in [2.45, 2.75) is 13.8 Å². The molecule has 0 atom stereocenters. The van der Waals surface area contributed by atoms with E-state index in [9.17, 15) is 0 Å². The summed E-state index contributed by atoms with van der Waals surface area (Å²) in [5.74, 6) is 0.890. The van der Waals surface area contributed by atoms with Crippen LogP contribution in [0, 0.1) is 13.8 Å². The van der Waals surface area contributed by atoms with E-state index in [2.05, 4.69) is 29.0 Å². The third-order valence-electron chi connectivity index (χ3n) is 2.40. The molecular formula is C11H10N2O. The summed E-state index contributed by atoms with van der Waals surface area (Å²) in [6, 6.07) is 6.17. The number of aromatic amines is 1. The SMILES string of the molecule is Cc1ccc2c(c1)oc1nc(C)[nH]c12. The Hall–Kier alpha value is -1.77. The lowest BCUT2D eigenvalue weighted by Crippen LogP contribution is -1.73. The summed E-state index contributed by atoms with van der Waals surface area (Å²) in [7, 11) is 0. The molecule has 0 aliphatic rings. The van der Waals surface area contributed by atoms with Gasteiger partial charge in [-0.3, -0.25) is 0 Å². The lowest BCUT2D eigenvalue weighted by molar-refractivity contribution is 0.654. The van der Waals surface area contributed by atoms with Gasteiger partial charge in [-0.1, -0.05) is 6.07 Å². The van der Waals surface area contributed by atoms with Crippen molar-refractivity contribution >= 4 is 22.2 Å². The van der Waals surface area contributed by atoms with Gasteiger partial charge in [0.25, 0.3) is 0 Å². The second-order valence-electron chi connectivity index (χ2n) is 3.60. The Morgan fingerprint density at radius 1 is 1.29 bits per heavy atom. The summed E-state index contributed by atoms with van der Waals surface area (Å²) in [6.07, 6.45) is 0. The van der Waals surface area contributed by atoms with Crippen LogP contribution in [0.2, 0.25) is 0 Å². The first-order valence-corrected chi connectivity index (χ1v) is 4.59. The van der Waals surface area contributed by atoms with Crippen molar-refractivity contribution in [2.75, 3.05) is 0 Å². The molecule has 2 heterocycles. The van der Waals surface area contributed by atoms with E-state index in [0.717, 1.165) is 22.3 Å². The Balaban J connectivity index is 2.52. The van der Waals surface area contributed by atoms with Crippen molar-refractivity contribution in [2.24, 2.45) is 0 Å². The molecule has 0 radical (unpaired) electrons. The fourth-order valence-corrected chi connectivity index (χ4v) is 1.75. The molecule has 3 nitrogen and oxygen atoms in total. The molecule has 1 aromatic carbocycles. The average molecular weight is 186 g/mol. The van der Waals surface area contributed by atoms with Gasteiger partial charge in [-0.15, -0.1) is 0 Å². The number of fused-ring (bicyclic) bond motifs is 3. The van der Waals surface area contributed by atoms with Crippen LogP contribution < -0.4 is 0 Å². The van der Waals surface area contributed by atoms with Crippen LogP contribution in [0.3, 0.4) is 0 Å². The van der Waals surface area contributed by atoms with Crippen LogP contribution in [0.4, 0.5) is 0 Å². The van der Waals surface area contributed by atoms with Crippen molar-refractivity contribution in [3.8, 4) is 0 Å². The standard InChI is InChI=1S/C11H10N2O/c1-6-3-4-8-9(5-6)14-11-10(8)12-7(2)13-11/h3-5H,1-2H3,(H,12,13). The normalized spacial score (nSPS) is 11.6. The van der Waals surface area contributed by atoms with Gasteiger partial charge in [-0.25, -0.2) is 0 Å². The number of aromatic nitrogens is 2. The molecule has 0 saturated carbocycles. The Kier molecular flexibility index (Phi) is 1.29. The van der Waals surface area contributed by atoms with E-state index in [1.807, 2.05) is 13.0 Å². The highest BCUT2D eigenvalue weighted by atomic mass is 16.3. The number of H-pyrrole nitrogens is 1. The van der Waals surface area contributed by atoms with E-state index in [1.54, 1.807) is 0 Å². The van der Waals surface area contributed by atoms with E-state index < -0.39 is 0 Å². The zero-order valence-electron chi connectivity index (χ0n) is 8.09. The van der Waals surface area contributed by atoms with Crippen molar-refractivity contribution in [1.82, 2.24) is 9.97 Å². The van der Waals surface area contributed by atoms with Gasteiger partial charge in [0.2, 0.25) is 5.71 Å². The molecule has 3 aromatic rings. The van der Waals surface area contributed by atoms with Crippen molar-refractivity contribution in [3.63, 3.8) is 0 Å². The van der Waals surface area contributed by atoms with Crippen LogP contribution in [0.15, 0.2) is 22.6 Å². The lowest BCUT2D eigenvalue weighted by atomic mass is 10.2. The average Bonchev–Trinajstić information content (AvgIpc) is 2.59. The van der Waals surface area contributed by atoms with Gasteiger partial charge in [0.1, 0.15) is 16.9 Å². The van der Waals surface area contributed by atoms with Crippen LogP contribution in [0.1, 0.15) is 11.4 Å². The summed E-state index contributed by atoms with van der Waals surface area (Å²) in [5.41, 5.74) is 3.80. The molecule has 3 heteroatoms. The second-order valence-corrected chi connectivity index (χ2v) is 3.60. The first-order valence-electron chi connectivity index (χ1n) is 4.59. The molecule has 2 aromatic heterocycles. The van der Waals surface area contributed by atoms with Gasteiger partial charge in [0, 0.05) is 5.39 Å². The van der Waals surface area contributed by atoms with Gasteiger partial charge >= 0.3 is 0 Å².